The lowest BCUT2D eigenvalue weighted by atomic mass is 10.2. The number of thiazole rings is 1. The van der Waals surface area contributed by atoms with E-state index in [1.165, 1.54) is 23.5 Å². The molecule has 148 valence electrons. The SMILES string of the molecule is O=c1c(=Cc2ccc(OCc3ccc(F)cc3)c(Br)c2)sc2nc3ccccc3n12. The molecule has 7 heteroatoms. The highest BCUT2D eigenvalue weighted by molar-refractivity contribution is 9.10. The van der Waals surface area contributed by atoms with E-state index >= 15 is 0 Å². The number of nitrogens with zero attached hydrogens (tertiary/aromatic N) is 2. The van der Waals surface area contributed by atoms with Crippen molar-refractivity contribution in [3.63, 3.8) is 0 Å². The highest BCUT2D eigenvalue weighted by Crippen LogP contribution is 2.27. The zero-order chi connectivity index (χ0) is 20.7. The second-order valence-corrected chi connectivity index (χ2v) is 8.60. The highest BCUT2D eigenvalue weighted by Gasteiger charge is 2.11. The summed E-state index contributed by atoms with van der Waals surface area (Å²) in [5, 5.41) is 0. The maximum atomic E-state index is 13.0. The summed E-state index contributed by atoms with van der Waals surface area (Å²) in [4.78, 5) is 18.1. The van der Waals surface area contributed by atoms with E-state index in [4.69, 9.17) is 4.74 Å². The monoisotopic (exact) mass is 480 g/mol. The summed E-state index contributed by atoms with van der Waals surface area (Å²) in [7, 11) is 0. The second kappa shape index (κ2) is 7.66. The van der Waals surface area contributed by atoms with Crippen LogP contribution in [0.1, 0.15) is 11.1 Å². The minimum atomic E-state index is -0.272. The number of benzene rings is 3. The van der Waals surface area contributed by atoms with Crippen LogP contribution in [-0.4, -0.2) is 9.38 Å². The number of hydrogen-bond acceptors (Lipinski definition) is 4. The third-order valence-corrected chi connectivity index (χ3v) is 6.29. The minimum absolute atomic E-state index is 0.0727. The first-order valence-corrected chi connectivity index (χ1v) is 10.8. The van der Waals surface area contributed by atoms with Crippen LogP contribution in [0.3, 0.4) is 0 Å². The Morgan fingerprint density at radius 1 is 1.10 bits per heavy atom. The van der Waals surface area contributed by atoms with E-state index < -0.39 is 0 Å². The molecule has 3 aromatic carbocycles. The molecule has 0 atom stereocenters. The number of ether oxygens (including phenoxy) is 1. The van der Waals surface area contributed by atoms with Crippen molar-refractivity contribution in [2.24, 2.45) is 0 Å². The third kappa shape index (κ3) is 3.51. The summed E-state index contributed by atoms with van der Waals surface area (Å²) in [6, 6.07) is 19.5. The van der Waals surface area contributed by atoms with Gasteiger partial charge in [-0.25, -0.2) is 13.8 Å². The van der Waals surface area contributed by atoms with Gasteiger partial charge in [-0.2, -0.15) is 0 Å². The van der Waals surface area contributed by atoms with Crippen LogP contribution in [0.4, 0.5) is 4.39 Å². The lowest BCUT2D eigenvalue weighted by molar-refractivity contribution is 0.304. The smallest absolute Gasteiger partial charge is 0.274 e. The molecule has 0 bridgehead atoms. The molecule has 5 rings (SSSR count). The van der Waals surface area contributed by atoms with Gasteiger partial charge >= 0.3 is 0 Å². The molecule has 0 spiro atoms. The van der Waals surface area contributed by atoms with Crippen LogP contribution in [0.5, 0.6) is 5.75 Å². The fourth-order valence-corrected chi connectivity index (χ4v) is 4.73. The van der Waals surface area contributed by atoms with Gasteiger partial charge < -0.3 is 4.74 Å². The summed E-state index contributed by atoms with van der Waals surface area (Å²) in [5.41, 5.74) is 3.32. The van der Waals surface area contributed by atoms with Crippen molar-refractivity contribution >= 4 is 49.3 Å². The molecule has 0 unspecified atom stereocenters. The van der Waals surface area contributed by atoms with Crippen LogP contribution in [0.2, 0.25) is 0 Å². The minimum Gasteiger partial charge on any atom is -0.488 e. The van der Waals surface area contributed by atoms with Crippen LogP contribution in [0, 0.1) is 5.82 Å². The predicted octanol–water partition coefficient (Wildman–Crippen LogP) is 4.94. The number of hydrogen-bond donors (Lipinski definition) is 0. The average Bonchev–Trinajstić information content (AvgIpc) is 3.25. The molecule has 0 aliphatic heterocycles. The normalized spacial score (nSPS) is 12.1. The fraction of sp³-hybridized carbons (Fsp3) is 0.0435. The molecule has 0 aliphatic carbocycles. The lowest BCUT2D eigenvalue weighted by Gasteiger charge is -2.09. The number of imidazole rings is 1. The summed E-state index contributed by atoms with van der Waals surface area (Å²) >= 11 is 4.90. The van der Waals surface area contributed by atoms with E-state index in [1.54, 1.807) is 16.5 Å². The zero-order valence-electron chi connectivity index (χ0n) is 15.5. The van der Waals surface area contributed by atoms with Gasteiger partial charge in [-0.3, -0.25) is 4.79 Å². The first-order valence-electron chi connectivity index (χ1n) is 9.17. The van der Waals surface area contributed by atoms with Gasteiger partial charge in [-0.15, -0.1) is 0 Å². The van der Waals surface area contributed by atoms with Crippen LogP contribution in [-0.2, 0) is 6.61 Å². The van der Waals surface area contributed by atoms with Gasteiger partial charge in [0, 0.05) is 0 Å². The maximum Gasteiger partial charge on any atom is 0.274 e. The Bertz CT molecular complexity index is 1490. The Balaban J connectivity index is 1.44. The van der Waals surface area contributed by atoms with Crippen molar-refractivity contribution in [3.8, 4) is 5.75 Å². The summed E-state index contributed by atoms with van der Waals surface area (Å²) in [5.74, 6) is 0.400. The van der Waals surface area contributed by atoms with Crippen molar-refractivity contribution in [2.75, 3.05) is 0 Å². The summed E-state index contributed by atoms with van der Waals surface area (Å²) in [6.07, 6.45) is 1.85. The van der Waals surface area contributed by atoms with Crippen LogP contribution in [0.25, 0.3) is 22.1 Å². The largest absolute Gasteiger partial charge is 0.488 e. The molecule has 0 fully saturated rings. The van der Waals surface area contributed by atoms with E-state index in [2.05, 4.69) is 20.9 Å². The van der Waals surface area contributed by atoms with Gasteiger partial charge in [0.2, 0.25) is 0 Å². The van der Waals surface area contributed by atoms with Crippen molar-refractivity contribution < 1.29 is 9.13 Å². The first kappa shape index (κ1) is 19.0. The molecule has 5 aromatic rings. The van der Waals surface area contributed by atoms with E-state index in [9.17, 15) is 9.18 Å². The van der Waals surface area contributed by atoms with Crippen molar-refractivity contribution in [1.82, 2.24) is 9.38 Å². The first-order chi connectivity index (χ1) is 14.6. The number of rotatable bonds is 4. The number of fused-ring (bicyclic) bond motifs is 3. The maximum absolute atomic E-state index is 13.0. The summed E-state index contributed by atoms with van der Waals surface area (Å²) < 4.78 is 21.9. The Morgan fingerprint density at radius 3 is 2.70 bits per heavy atom. The predicted molar refractivity (Wildman–Crippen MR) is 121 cm³/mol. The van der Waals surface area contributed by atoms with Gasteiger partial charge in [0.25, 0.3) is 5.56 Å². The quantitative estimate of drug-likeness (QED) is 0.366. The van der Waals surface area contributed by atoms with E-state index in [0.29, 0.717) is 21.8 Å². The second-order valence-electron chi connectivity index (χ2n) is 6.74. The Kier molecular flexibility index (Phi) is 4.84. The zero-order valence-corrected chi connectivity index (χ0v) is 17.9. The molecule has 0 aliphatic rings. The van der Waals surface area contributed by atoms with Gasteiger partial charge in [0.15, 0.2) is 4.96 Å². The van der Waals surface area contributed by atoms with Crippen LogP contribution in [0.15, 0.2) is 76.0 Å². The molecular formula is C23H14BrFN2O2S. The van der Waals surface area contributed by atoms with E-state index in [0.717, 1.165) is 26.6 Å². The molecule has 0 amide bonds. The molecule has 0 radical (unpaired) electrons. The number of para-hydroxylation sites is 2. The fourth-order valence-electron chi connectivity index (χ4n) is 3.23. The molecule has 30 heavy (non-hydrogen) atoms. The molecule has 0 N–H and O–H groups in total. The van der Waals surface area contributed by atoms with E-state index in [1.807, 2.05) is 48.5 Å². The van der Waals surface area contributed by atoms with Crippen molar-refractivity contribution in [1.29, 1.82) is 0 Å². The van der Waals surface area contributed by atoms with Crippen LogP contribution >= 0.6 is 27.3 Å². The Morgan fingerprint density at radius 2 is 1.90 bits per heavy atom. The summed E-state index contributed by atoms with van der Waals surface area (Å²) in [6.45, 7) is 0.335. The van der Waals surface area contributed by atoms with Gasteiger partial charge in [0.1, 0.15) is 18.2 Å². The molecular weight excluding hydrogens is 467 g/mol. The molecule has 0 saturated carbocycles. The number of halogens is 2. The van der Waals surface area contributed by atoms with Gasteiger partial charge in [-0.05, 0) is 69.5 Å². The lowest BCUT2D eigenvalue weighted by Crippen LogP contribution is -2.22. The molecule has 2 heterocycles. The van der Waals surface area contributed by atoms with Gasteiger partial charge in [0.05, 0.1) is 20.0 Å². The number of aromatic nitrogens is 2. The Hall–Kier alpha value is -3.03. The van der Waals surface area contributed by atoms with E-state index in [-0.39, 0.29) is 11.4 Å². The van der Waals surface area contributed by atoms with Crippen molar-refractivity contribution in [2.45, 2.75) is 6.61 Å². The average molecular weight is 481 g/mol. The Labute approximate surface area is 183 Å². The standard InChI is InChI=1S/C23H14BrFN2O2S/c24-17-11-15(7-10-20(17)29-13-14-5-8-16(25)9-6-14)12-21-22(28)27-19-4-2-1-3-18(19)26-23(27)30-21/h1-12H,13H2. The van der Waals surface area contributed by atoms with Gasteiger partial charge in [-0.1, -0.05) is 41.7 Å². The van der Waals surface area contributed by atoms with Crippen molar-refractivity contribution in [3.05, 3.63) is 103 Å². The highest BCUT2D eigenvalue weighted by atomic mass is 79.9. The topological polar surface area (TPSA) is 43.6 Å². The third-order valence-electron chi connectivity index (χ3n) is 4.71. The molecule has 4 nitrogen and oxygen atoms in total. The molecule has 0 saturated heterocycles. The van der Waals surface area contributed by atoms with Crippen LogP contribution < -0.4 is 14.8 Å². The molecule has 2 aromatic heterocycles.